The summed E-state index contributed by atoms with van der Waals surface area (Å²) < 4.78 is 0. The van der Waals surface area contributed by atoms with Gasteiger partial charge in [-0.3, -0.25) is 9.97 Å². The first-order valence-corrected chi connectivity index (χ1v) is 4.91. The minimum absolute atomic E-state index is 1.06. The van der Waals surface area contributed by atoms with Crippen LogP contribution in [0.5, 0.6) is 0 Å². The quantitative estimate of drug-likeness (QED) is 0.758. The summed E-state index contributed by atoms with van der Waals surface area (Å²) >= 11 is 0. The Morgan fingerprint density at radius 3 is 1.88 bits per heavy atom. The molecule has 2 nitrogen and oxygen atoms in total. The molecule has 0 atom stereocenters. The van der Waals surface area contributed by atoms with Gasteiger partial charge in [0, 0.05) is 24.8 Å². The number of rotatable bonds is 2. The van der Waals surface area contributed by atoms with Crippen molar-refractivity contribution in [1.82, 2.24) is 9.97 Å². The second kappa shape index (κ2) is 7.12. The molecular weight excluding hydrogens is 196 g/mol. The van der Waals surface area contributed by atoms with Crippen molar-refractivity contribution in [2.24, 2.45) is 0 Å². The molecule has 0 aromatic carbocycles. The standard InChI is InChI=1S/2C7H7N/c1-2-7-3-5-8-6-4-7;1-2-7-4-3-5-8-6-7/h2*2-6H,1H2. The zero-order chi connectivity index (χ0) is 11.6. The van der Waals surface area contributed by atoms with E-state index >= 15 is 0 Å². The molecule has 0 saturated heterocycles. The van der Waals surface area contributed by atoms with Crippen molar-refractivity contribution < 1.29 is 0 Å². The molecule has 2 rings (SSSR count). The van der Waals surface area contributed by atoms with Crippen LogP contribution < -0.4 is 0 Å². The predicted octanol–water partition coefficient (Wildman–Crippen LogP) is 3.45. The predicted molar refractivity (Wildman–Crippen MR) is 68.7 cm³/mol. The lowest BCUT2D eigenvalue weighted by atomic mass is 10.3. The van der Waals surface area contributed by atoms with Crippen molar-refractivity contribution in [1.29, 1.82) is 0 Å². The number of nitrogens with zero attached hydrogens (tertiary/aromatic N) is 2. The maximum absolute atomic E-state index is 3.88. The van der Waals surface area contributed by atoms with Crippen LogP contribution in [-0.4, -0.2) is 9.97 Å². The summed E-state index contributed by atoms with van der Waals surface area (Å²) in [4.78, 5) is 7.73. The van der Waals surface area contributed by atoms with Gasteiger partial charge in [0.05, 0.1) is 0 Å². The normalized spacial score (nSPS) is 8.50. The van der Waals surface area contributed by atoms with Crippen LogP contribution in [-0.2, 0) is 0 Å². The molecule has 2 aromatic heterocycles. The van der Waals surface area contributed by atoms with Crippen LogP contribution in [0.25, 0.3) is 12.2 Å². The molecule has 0 amide bonds. The Balaban J connectivity index is 0.000000160. The third-order valence-corrected chi connectivity index (χ3v) is 1.86. The van der Waals surface area contributed by atoms with Gasteiger partial charge in [0.2, 0.25) is 0 Å². The Labute approximate surface area is 96.0 Å². The number of hydrogen-bond donors (Lipinski definition) is 0. The van der Waals surface area contributed by atoms with Crippen LogP contribution in [0.3, 0.4) is 0 Å². The molecule has 0 bridgehead atoms. The molecule has 0 aliphatic heterocycles. The molecule has 2 heterocycles. The van der Waals surface area contributed by atoms with Gasteiger partial charge in [0.15, 0.2) is 0 Å². The highest BCUT2D eigenvalue weighted by Crippen LogP contribution is 1.95. The van der Waals surface area contributed by atoms with Crippen molar-refractivity contribution in [3.63, 3.8) is 0 Å². The highest BCUT2D eigenvalue weighted by Gasteiger charge is 1.77. The van der Waals surface area contributed by atoms with Gasteiger partial charge >= 0.3 is 0 Å². The molecule has 0 aliphatic carbocycles. The molecule has 0 N–H and O–H groups in total. The number of aromatic nitrogens is 2. The van der Waals surface area contributed by atoms with Gasteiger partial charge in [-0.25, -0.2) is 0 Å². The molecular formula is C14H14N2. The van der Waals surface area contributed by atoms with E-state index in [9.17, 15) is 0 Å². The van der Waals surface area contributed by atoms with E-state index in [1.165, 1.54) is 0 Å². The highest BCUT2D eigenvalue weighted by molar-refractivity contribution is 5.45. The number of hydrogen-bond acceptors (Lipinski definition) is 2. The molecule has 0 spiro atoms. The van der Waals surface area contributed by atoms with Crippen LogP contribution in [0.4, 0.5) is 0 Å². The molecule has 16 heavy (non-hydrogen) atoms. The summed E-state index contributed by atoms with van der Waals surface area (Å²) in [7, 11) is 0. The minimum atomic E-state index is 1.06. The maximum Gasteiger partial charge on any atom is 0.0340 e. The van der Waals surface area contributed by atoms with E-state index in [0.717, 1.165) is 11.1 Å². The van der Waals surface area contributed by atoms with E-state index < -0.39 is 0 Å². The maximum atomic E-state index is 3.88. The van der Waals surface area contributed by atoms with Gasteiger partial charge < -0.3 is 0 Å². The largest absolute Gasteiger partial charge is 0.265 e. The van der Waals surface area contributed by atoms with Crippen molar-refractivity contribution in [2.45, 2.75) is 0 Å². The Morgan fingerprint density at radius 2 is 1.50 bits per heavy atom. The second-order valence-corrected chi connectivity index (χ2v) is 2.98. The van der Waals surface area contributed by atoms with Crippen molar-refractivity contribution in [2.75, 3.05) is 0 Å². The number of pyridine rings is 2. The summed E-state index contributed by atoms with van der Waals surface area (Å²) in [5, 5.41) is 0. The Bertz CT molecular complexity index is 378. The summed E-state index contributed by atoms with van der Waals surface area (Å²) in [5.41, 5.74) is 2.17. The van der Waals surface area contributed by atoms with Crippen LogP contribution >= 0.6 is 0 Å². The fourth-order valence-corrected chi connectivity index (χ4v) is 0.996. The molecule has 2 heteroatoms. The lowest BCUT2D eigenvalue weighted by Gasteiger charge is -1.84. The van der Waals surface area contributed by atoms with Crippen LogP contribution in [0, 0.1) is 0 Å². The molecule has 2 aromatic rings. The first kappa shape index (κ1) is 11.9. The van der Waals surface area contributed by atoms with Gasteiger partial charge in [-0.05, 0) is 29.3 Å². The van der Waals surface area contributed by atoms with E-state index in [1.54, 1.807) is 36.9 Å². The average molecular weight is 210 g/mol. The fraction of sp³-hybridized carbons (Fsp3) is 0. The zero-order valence-corrected chi connectivity index (χ0v) is 9.08. The summed E-state index contributed by atoms with van der Waals surface area (Å²) in [6.45, 7) is 7.19. The van der Waals surface area contributed by atoms with Gasteiger partial charge in [-0.2, -0.15) is 0 Å². The van der Waals surface area contributed by atoms with E-state index in [2.05, 4.69) is 23.1 Å². The minimum Gasteiger partial charge on any atom is -0.265 e. The van der Waals surface area contributed by atoms with Gasteiger partial charge in [-0.1, -0.05) is 31.4 Å². The second-order valence-electron chi connectivity index (χ2n) is 2.98. The Morgan fingerprint density at radius 1 is 0.812 bits per heavy atom. The average Bonchev–Trinajstić information content (AvgIpc) is 2.41. The highest BCUT2D eigenvalue weighted by atomic mass is 14.6. The summed E-state index contributed by atoms with van der Waals surface area (Å²) in [5.74, 6) is 0. The first-order chi connectivity index (χ1) is 7.86. The lowest BCUT2D eigenvalue weighted by molar-refractivity contribution is 1.32. The van der Waals surface area contributed by atoms with Gasteiger partial charge in [0.25, 0.3) is 0 Å². The van der Waals surface area contributed by atoms with Crippen molar-refractivity contribution >= 4 is 12.2 Å². The molecule has 0 unspecified atom stereocenters. The van der Waals surface area contributed by atoms with Gasteiger partial charge in [-0.15, -0.1) is 0 Å². The van der Waals surface area contributed by atoms with Crippen molar-refractivity contribution in [3.8, 4) is 0 Å². The SMILES string of the molecule is C=Cc1cccnc1.C=Cc1ccncc1. The van der Waals surface area contributed by atoms with Crippen LogP contribution in [0.1, 0.15) is 11.1 Å². The topological polar surface area (TPSA) is 25.8 Å². The van der Waals surface area contributed by atoms with Crippen LogP contribution in [0.2, 0.25) is 0 Å². The lowest BCUT2D eigenvalue weighted by Crippen LogP contribution is -1.70. The van der Waals surface area contributed by atoms with Crippen molar-refractivity contribution in [3.05, 3.63) is 73.3 Å². The molecule has 80 valence electrons. The zero-order valence-electron chi connectivity index (χ0n) is 9.08. The Kier molecular flexibility index (Phi) is 5.28. The van der Waals surface area contributed by atoms with E-state index in [4.69, 9.17) is 0 Å². The Hall–Kier alpha value is -2.22. The molecule has 0 radical (unpaired) electrons. The summed E-state index contributed by atoms with van der Waals surface area (Å²) in [6, 6.07) is 7.66. The van der Waals surface area contributed by atoms with Crippen LogP contribution in [0.15, 0.2) is 62.2 Å². The van der Waals surface area contributed by atoms with E-state index in [-0.39, 0.29) is 0 Å². The first-order valence-electron chi connectivity index (χ1n) is 4.91. The monoisotopic (exact) mass is 210 g/mol. The smallest absolute Gasteiger partial charge is 0.0340 e. The van der Waals surface area contributed by atoms with Gasteiger partial charge in [0.1, 0.15) is 0 Å². The fourth-order valence-electron chi connectivity index (χ4n) is 0.996. The van der Waals surface area contributed by atoms with E-state index in [1.807, 2.05) is 24.3 Å². The van der Waals surface area contributed by atoms with E-state index in [0.29, 0.717) is 0 Å². The third-order valence-electron chi connectivity index (χ3n) is 1.86. The third kappa shape index (κ3) is 4.33. The summed E-state index contributed by atoms with van der Waals surface area (Å²) in [6.07, 6.45) is 10.6. The molecule has 0 fully saturated rings. The molecule has 0 aliphatic rings. The molecule has 0 saturated carbocycles.